The maximum Gasteiger partial charge on any atom is 0.262 e. The van der Waals surface area contributed by atoms with E-state index in [2.05, 4.69) is 10.6 Å². The molecular formula is C16H13ClN2O4. The molecule has 0 unspecified atom stereocenters. The molecule has 23 heavy (non-hydrogen) atoms. The Hall–Kier alpha value is -2.73. The predicted molar refractivity (Wildman–Crippen MR) is 86.5 cm³/mol. The molecule has 7 heteroatoms. The third-order valence-corrected chi connectivity index (χ3v) is 3.54. The van der Waals surface area contributed by atoms with E-state index in [1.165, 1.54) is 7.11 Å². The standard InChI is InChI=1S/C16H13ClN2O4/c1-22-12-6-5-9(17)7-11(12)18-16(21)10-3-2-4-13-15(10)19-14(20)8-23-13/h2-7H,8H2,1H3,(H,18,21)(H,19,20). The number of hydrogen-bond donors (Lipinski definition) is 2. The Balaban J connectivity index is 1.93. The first-order valence-corrected chi connectivity index (χ1v) is 7.17. The van der Waals surface area contributed by atoms with Gasteiger partial charge in [0.05, 0.1) is 24.0 Å². The van der Waals surface area contributed by atoms with Crippen molar-refractivity contribution in [3.05, 3.63) is 47.0 Å². The Morgan fingerprint density at radius 3 is 2.96 bits per heavy atom. The zero-order valence-corrected chi connectivity index (χ0v) is 12.9. The van der Waals surface area contributed by atoms with Gasteiger partial charge in [0.1, 0.15) is 11.5 Å². The summed E-state index contributed by atoms with van der Waals surface area (Å²) in [5.74, 6) is 0.217. The second kappa shape index (κ2) is 6.18. The molecule has 0 saturated carbocycles. The van der Waals surface area contributed by atoms with Gasteiger partial charge in [-0.25, -0.2) is 0 Å². The third-order valence-electron chi connectivity index (χ3n) is 3.30. The lowest BCUT2D eigenvalue weighted by molar-refractivity contribution is -0.118. The lowest BCUT2D eigenvalue weighted by atomic mass is 10.1. The van der Waals surface area contributed by atoms with Gasteiger partial charge in [-0.3, -0.25) is 9.59 Å². The van der Waals surface area contributed by atoms with Crippen molar-refractivity contribution in [2.75, 3.05) is 24.4 Å². The van der Waals surface area contributed by atoms with Gasteiger partial charge < -0.3 is 20.1 Å². The first-order valence-electron chi connectivity index (χ1n) is 6.79. The highest BCUT2D eigenvalue weighted by Gasteiger charge is 2.22. The maximum absolute atomic E-state index is 12.6. The fourth-order valence-electron chi connectivity index (χ4n) is 2.26. The number of halogens is 1. The second-order valence-corrected chi connectivity index (χ2v) is 5.25. The molecule has 0 radical (unpaired) electrons. The minimum Gasteiger partial charge on any atom is -0.495 e. The molecular weight excluding hydrogens is 320 g/mol. The number of benzene rings is 2. The molecule has 1 aliphatic rings. The van der Waals surface area contributed by atoms with Crippen molar-refractivity contribution in [1.82, 2.24) is 0 Å². The van der Waals surface area contributed by atoms with E-state index in [-0.39, 0.29) is 18.1 Å². The molecule has 0 fully saturated rings. The first-order chi connectivity index (χ1) is 11.1. The van der Waals surface area contributed by atoms with Crippen LogP contribution in [0.4, 0.5) is 11.4 Å². The Labute approximate surface area is 137 Å². The van der Waals surface area contributed by atoms with Crippen LogP contribution in [0.3, 0.4) is 0 Å². The molecule has 3 rings (SSSR count). The summed E-state index contributed by atoms with van der Waals surface area (Å²) in [5, 5.41) is 5.85. The van der Waals surface area contributed by atoms with Crippen molar-refractivity contribution < 1.29 is 19.1 Å². The van der Waals surface area contributed by atoms with Crippen LogP contribution in [-0.2, 0) is 4.79 Å². The quantitative estimate of drug-likeness (QED) is 0.906. The van der Waals surface area contributed by atoms with Crippen LogP contribution < -0.4 is 20.1 Å². The molecule has 2 N–H and O–H groups in total. The van der Waals surface area contributed by atoms with E-state index in [1.54, 1.807) is 36.4 Å². The van der Waals surface area contributed by atoms with E-state index in [0.29, 0.717) is 27.9 Å². The summed E-state index contributed by atoms with van der Waals surface area (Å²) in [4.78, 5) is 24.1. The van der Waals surface area contributed by atoms with E-state index in [0.717, 1.165) is 0 Å². The summed E-state index contributed by atoms with van der Waals surface area (Å²) in [6, 6.07) is 9.87. The minimum atomic E-state index is -0.409. The van der Waals surface area contributed by atoms with Gasteiger partial charge >= 0.3 is 0 Å². The first kappa shape index (κ1) is 15.2. The molecule has 0 saturated heterocycles. The van der Waals surface area contributed by atoms with Gasteiger partial charge in [-0.1, -0.05) is 17.7 Å². The minimum absolute atomic E-state index is 0.0693. The number of rotatable bonds is 3. The van der Waals surface area contributed by atoms with Gasteiger partial charge in [-0.15, -0.1) is 0 Å². The van der Waals surface area contributed by atoms with Crippen LogP contribution in [0.1, 0.15) is 10.4 Å². The van der Waals surface area contributed by atoms with Gasteiger partial charge in [0, 0.05) is 5.02 Å². The molecule has 0 bridgehead atoms. The lowest BCUT2D eigenvalue weighted by Crippen LogP contribution is -2.27. The summed E-state index contributed by atoms with van der Waals surface area (Å²) in [6.07, 6.45) is 0. The van der Waals surface area contributed by atoms with E-state index >= 15 is 0 Å². The molecule has 0 aliphatic carbocycles. The molecule has 118 valence electrons. The fourth-order valence-corrected chi connectivity index (χ4v) is 2.43. The van der Waals surface area contributed by atoms with E-state index in [9.17, 15) is 9.59 Å². The van der Waals surface area contributed by atoms with E-state index in [4.69, 9.17) is 21.1 Å². The van der Waals surface area contributed by atoms with Gasteiger partial charge in [0.25, 0.3) is 11.8 Å². The Bertz CT molecular complexity index is 792. The highest BCUT2D eigenvalue weighted by atomic mass is 35.5. The van der Waals surface area contributed by atoms with Gasteiger partial charge in [-0.05, 0) is 30.3 Å². The van der Waals surface area contributed by atoms with Crippen LogP contribution in [0.5, 0.6) is 11.5 Å². The lowest BCUT2D eigenvalue weighted by Gasteiger charge is -2.20. The number of para-hydroxylation sites is 1. The molecule has 1 aliphatic heterocycles. The number of amides is 2. The molecule has 1 heterocycles. The number of nitrogens with one attached hydrogen (secondary N) is 2. The summed E-state index contributed by atoms with van der Waals surface area (Å²) in [6.45, 7) is -0.0693. The Morgan fingerprint density at radius 1 is 1.35 bits per heavy atom. The smallest absolute Gasteiger partial charge is 0.262 e. The van der Waals surface area contributed by atoms with Gasteiger partial charge in [0.15, 0.2) is 6.61 Å². The maximum atomic E-state index is 12.6. The van der Waals surface area contributed by atoms with Crippen molar-refractivity contribution >= 4 is 34.8 Å². The third kappa shape index (κ3) is 3.07. The normalized spacial score (nSPS) is 12.7. The molecule has 0 atom stereocenters. The second-order valence-electron chi connectivity index (χ2n) is 4.81. The van der Waals surface area contributed by atoms with Crippen molar-refractivity contribution in [2.45, 2.75) is 0 Å². The van der Waals surface area contributed by atoms with Crippen LogP contribution in [0.25, 0.3) is 0 Å². The van der Waals surface area contributed by atoms with Crippen LogP contribution in [0.15, 0.2) is 36.4 Å². The Kier molecular flexibility index (Phi) is 4.08. The zero-order valence-electron chi connectivity index (χ0n) is 12.2. The molecule has 2 amide bonds. The monoisotopic (exact) mass is 332 g/mol. The number of fused-ring (bicyclic) bond motifs is 1. The highest BCUT2D eigenvalue weighted by molar-refractivity contribution is 6.31. The predicted octanol–water partition coefficient (Wildman–Crippen LogP) is 2.93. The summed E-state index contributed by atoms with van der Waals surface area (Å²) in [7, 11) is 1.50. The van der Waals surface area contributed by atoms with Crippen LogP contribution in [0, 0.1) is 0 Å². The molecule has 2 aromatic carbocycles. The average molecular weight is 333 g/mol. The topological polar surface area (TPSA) is 76.7 Å². The van der Waals surface area contributed by atoms with Crippen molar-refractivity contribution in [3.8, 4) is 11.5 Å². The van der Waals surface area contributed by atoms with Gasteiger partial charge in [0.2, 0.25) is 0 Å². The Morgan fingerprint density at radius 2 is 2.17 bits per heavy atom. The number of ether oxygens (including phenoxy) is 2. The summed E-state index contributed by atoms with van der Waals surface area (Å²) >= 11 is 5.95. The number of anilines is 2. The van der Waals surface area contributed by atoms with Crippen LogP contribution in [-0.4, -0.2) is 25.5 Å². The highest BCUT2D eigenvalue weighted by Crippen LogP contribution is 2.33. The molecule has 2 aromatic rings. The molecule has 6 nitrogen and oxygen atoms in total. The average Bonchev–Trinajstić information content (AvgIpc) is 2.54. The van der Waals surface area contributed by atoms with E-state index < -0.39 is 5.91 Å². The van der Waals surface area contributed by atoms with E-state index in [1.807, 2.05) is 0 Å². The fraction of sp³-hybridized carbons (Fsp3) is 0.125. The van der Waals surface area contributed by atoms with Crippen molar-refractivity contribution in [1.29, 1.82) is 0 Å². The van der Waals surface area contributed by atoms with Crippen LogP contribution >= 0.6 is 11.6 Å². The van der Waals surface area contributed by atoms with Crippen molar-refractivity contribution in [3.63, 3.8) is 0 Å². The van der Waals surface area contributed by atoms with Gasteiger partial charge in [-0.2, -0.15) is 0 Å². The number of hydrogen-bond acceptors (Lipinski definition) is 4. The number of carbonyl (C=O) groups is 2. The molecule has 0 spiro atoms. The summed E-state index contributed by atoms with van der Waals surface area (Å²) in [5.41, 5.74) is 1.07. The molecule has 0 aromatic heterocycles. The largest absolute Gasteiger partial charge is 0.495 e. The zero-order chi connectivity index (χ0) is 16.4. The SMILES string of the molecule is COc1ccc(Cl)cc1NC(=O)c1cccc2c1NC(=O)CO2. The summed E-state index contributed by atoms with van der Waals surface area (Å²) < 4.78 is 10.5. The number of carbonyl (C=O) groups excluding carboxylic acids is 2. The van der Waals surface area contributed by atoms with Crippen molar-refractivity contribution in [2.24, 2.45) is 0 Å². The number of methoxy groups -OCH3 is 1. The van der Waals surface area contributed by atoms with Crippen LogP contribution in [0.2, 0.25) is 5.02 Å².